The van der Waals surface area contributed by atoms with E-state index in [1.54, 1.807) is 0 Å². The van der Waals surface area contributed by atoms with Crippen molar-refractivity contribution in [3.05, 3.63) is 48.3 Å². The summed E-state index contributed by atoms with van der Waals surface area (Å²) in [6.07, 6.45) is 8.86. The summed E-state index contributed by atoms with van der Waals surface area (Å²) in [6, 6.07) is 8.74. The third-order valence-corrected chi connectivity index (χ3v) is 5.31. The summed E-state index contributed by atoms with van der Waals surface area (Å²) in [4.78, 5) is 12.7. The lowest BCUT2D eigenvalue weighted by Crippen LogP contribution is -2.21. The van der Waals surface area contributed by atoms with Gasteiger partial charge in [-0.05, 0) is 44.5 Å². The smallest absolute Gasteiger partial charge is 0.145 e. The maximum Gasteiger partial charge on any atom is 0.145 e. The predicted octanol–water partition coefficient (Wildman–Crippen LogP) is 3.64. The van der Waals surface area contributed by atoms with Crippen LogP contribution in [0.25, 0.3) is 0 Å². The topological polar surface area (TPSA) is 103 Å². The van der Waals surface area contributed by atoms with Crippen LogP contribution in [0.3, 0.4) is 0 Å². The molecule has 0 saturated heterocycles. The van der Waals surface area contributed by atoms with Gasteiger partial charge in [0, 0.05) is 36.7 Å². The van der Waals surface area contributed by atoms with E-state index in [9.17, 15) is 0 Å². The zero-order chi connectivity index (χ0) is 22.2. The lowest BCUT2D eigenvalue weighted by atomic mass is 10.1. The number of nitrogens with two attached hydrogens (primary N) is 1. The Morgan fingerprint density at radius 2 is 2.10 bits per heavy atom. The largest absolute Gasteiger partial charge is 0.383 e. The molecule has 1 aromatic heterocycles. The Hall–Kier alpha value is -2.97. The minimum atomic E-state index is 0.308. The lowest BCUT2D eigenvalue weighted by molar-refractivity contribution is 0.165. The van der Waals surface area contributed by atoms with Crippen LogP contribution in [0.2, 0.25) is 0 Å². The second kappa shape index (κ2) is 10.9. The molecule has 0 unspecified atom stereocenters. The third-order valence-electron chi connectivity index (χ3n) is 5.31. The summed E-state index contributed by atoms with van der Waals surface area (Å²) in [5.41, 5.74) is 8.81. The van der Waals surface area contributed by atoms with E-state index in [-0.39, 0.29) is 0 Å². The quantitative estimate of drug-likeness (QED) is 0.207. The Morgan fingerprint density at radius 1 is 1.29 bits per heavy atom. The van der Waals surface area contributed by atoms with Gasteiger partial charge in [0.25, 0.3) is 0 Å². The monoisotopic (exact) mass is 423 g/mol. The van der Waals surface area contributed by atoms with Crippen molar-refractivity contribution in [2.75, 3.05) is 49.9 Å². The number of benzene rings is 1. The molecular weight excluding hydrogens is 390 g/mol. The molecule has 1 aliphatic rings. The van der Waals surface area contributed by atoms with Gasteiger partial charge in [0.15, 0.2) is 0 Å². The number of likely N-dealkylation sites (N-methyl/N-ethyl adjacent to an activating group) is 1. The molecule has 1 aliphatic carbocycles. The molecule has 0 amide bonds. The molecule has 3 rings (SSSR count). The maximum atomic E-state index is 8.17. The highest BCUT2D eigenvalue weighted by Crippen LogP contribution is 2.26. The average molecular weight is 424 g/mol. The van der Waals surface area contributed by atoms with Crippen LogP contribution < -0.4 is 16.0 Å². The normalized spacial score (nSPS) is 13.7. The highest BCUT2D eigenvalue weighted by atomic mass is 16.5. The molecular formula is C23H33N7O. The minimum absolute atomic E-state index is 0.308. The van der Waals surface area contributed by atoms with E-state index in [0.717, 1.165) is 24.0 Å². The van der Waals surface area contributed by atoms with Crippen LogP contribution in [0, 0.1) is 5.41 Å². The molecule has 0 aliphatic heterocycles. The molecule has 0 radical (unpaired) electrons. The van der Waals surface area contributed by atoms with Gasteiger partial charge in [0.1, 0.15) is 24.7 Å². The molecule has 4 N–H and O–H groups in total. The van der Waals surface area contributed by atoms with Crippen LogP contribution in [0.5, 0.6) is 0 Å². The second-order valence-corrected chi connectivity index (χ2v) is 7.83. The molecule has 1 heterocycles. The van der Waals surface area contributed by atoms with Crippen molar-refractivity contribution < 1.29 is 4.74 Å². The van der Waals surface area contributed by atoms with Crippen molar-refractivity contribution in [1.82, 2.24) is 14.9 Å². The van der Waals surface area contributed by atoms with Gasteiger partial charge in [-0.25, -0.2) is 9.97 Å². The average Bonchev–Trinajstić information content (AvgIpc) is 3.61. The number of anilines is 4. The lowest BCUT2D eigenvalue weighted by Gasteiger charge is -2.20. The highest BCUT2D eigenvalue weighted by Gasteiger charge is 2.24. The Kier molecular flexibility index (Phi) is 7.97. The Balaban J connectivity index is 1.54. The summed E-state index contributed by atoms with van der Waals surface area (Å²) in [7, 11) is 4.16. The number of nitrogens with one attached hydrogen (secondary N) is 2. The number of aromatic nitrogens is 2. The fourth-order valence-electron chi connectivity index (χ4n) is 3.23. The summed E-state index contributed by atoms with van der Waals surface area (Å²) in [5.74, 6) is 0.846. The Morgan fingerprint density at radius 3 is 2.84 bits per heavy atom. The first kappa shape index (κ1) is 22.7. The maximum absolute atomic E-state index is 8.17. The first-order valence-corrected chi connectivity index (χ1v) is 10.7. The fourth-order valence-corrected chi connectivity index (χ4v) is 3.23. The van der Waals surface area contributed by atoms with E-state index in [1.165, 1.54) is 19.2 Å². The van der Waals surface area contributed by atoms with Gasteiger partial charge in [0.05, 0.1) is 12.2 Å². The number of hydrogen-bond donors (Lipinski definition) is 3. The van der Waals surface area contributed by atoms with Crippen molar-refractivity contribution in [2.24, 2.45) is 0 Å². The molecule has 0 atom stereocenters. The number of nitrogens with zero attached hydrogens (tertiary/aromatic N) is 4. The van der Waals surface area contributed by atoms with Crippen molar-refractivity contribution in [3.8, 4) is 0 Å². The Bertz CT molecular complexity index is 911. The third kappa shape index (κ3) is 6.50. The highest BCUT2D eigenvalue weighted by molar-refractivity contribution is 6.06. The first-order valence-electron chi connectivity index (χ1n) is 10.7. The minimum Gasteiger partial charge on any atom is -0.383 e. The van der Waals surface area contributed by atoms with Gasteiger partial charge in [-0.2, -0.15) is 0 Å². The van der Waals surface area contributed by atoms with Crippen LogP contribution in [-0.4, -0.2) is 60.6 Å². The van der Waals surface area contributed by atoms with Crippen LogP contribution in [-0.2, 0) is 4.74 Å². The Labute approximate surface area is 184 Å². The van der Waals surface area contributed by atoms with Gasteiger partial charge in [-0.15, -0.1) is 0 Å². The standard InChI is InChI=1S/C23H33N7O/c1-4-20(24)21-22(25)26-15-27-23(21)28-17-8-7-9-19(14-17)30(3)16-31-13-6-5-12-29(2)18-10-11-18/h5-9,14-15,18,24H,4,10-13,16H2,1-3H3,(H3,25,26,27,28). The molecule has 1 saturated carbocycles. The van der Waals surface area contributed by atoms with Gasteiger partial charge < -0.3 is 26.1 Å². The van der Waals surface area contributed by atoms with E-state index in [1.807, 2.05) is 43.1 Å². The zero-order valence-corrected chi connectivity index (χ0v) is 18.6. The summed E-state index contributed by atoms with van der Waals surface area (Å²) in [6.45, 7) is 3.96. The molecule has 166 valence electrons. The number of hydrogen-bond acceptors (Lipinski definition) is 8. The summed E-state index contributed by atoms with van der Waals surface area (Å²) >= 11 is 0. The zero-order valence-electron chi connectivity index (χ0n) is 18.6. The SMILES string of the molecule is CCC(=N)c1c(N)ncnc1Nc1cccc(N(C)COCC=CCN(C)C2CC2)c1. The first-order chi connectivity index (χ1) is 15.0. The van der Waals surface area contributed by atoms with Crippen LogP contribution >= 0.6 is 0 Å². The molecule has 8 nitrogen and oxygen atoms in total. The van der Waals surface area contributed by atoms with Crippen molar-refractivity contribution >= 4 is 28.7 Å². The molecule has 8 heteroatoms. The molecule has 0 bridgehead atoms. The van der Waals surface area contributed by atoms with Gasteiger partial charge in [0.2, 0.25) is 0 Å². The van der Waals surface area contributed by atoms with E-state index in [4.69, 9.17) is 15.9 Å². The van der Waals surface area contributed by atoms with Gasteiger partial charge >= 0.3 is 0 Å². The molecule has 1 fully saturated rings. The number of nitrogen functional groups attached to an aromatic ring is 1. The van der Waals surface area contributed by atoms with Crippen LogP contribution in [0.1, 0.15) is 31.7 Å². The summed E-state index contributed by atoms with van der Waals surface area (Å²) in [5, 5.41) is 11.5. The summed E-state index contributed by atoms with van der Waals surface area (Å²) < 4.78 is 5.78. The van der Waals surface area contributed by atoms with E-state index < -0.39 is 0 Å². The molecule has 1 aromatic carbocycles. The number of rotatable bonds is 12. The van der Waals surface area contributed by atoms with Crippen LogP contribution in [0.4, 0.5) is 23.0 Å². The van der Waals surface area contributed by atoms with Crippen molar-refractivity contribution in [3.63, 3.8) is 0 Å². The fraction of sp³-hybridized carbons (Fsp3) is 0.435. The molecule has 2 aromatic rings. The van der Waals surface area contributed by atoms with E-state index in [0.29, 0.717) is 42.7 Å². The molecule has 0 spiro atoms. The van der Waals surface area contributed by atoms with E-state index in [2.05, 4.69) is 39.4 Å². The van der Waals surface area contributed by atoms with Crippen LogP contribution in [0.15, 0.2) is 42.7 Å². The van der Waals surface area contributed by atoms with Gasteiger partial charge in [-0.3, -0.25) is 4.90 Å². The molecule has 31 heavy (non-hydrogen) atoms. The van der Waals surface area contributed by atoms with Gasteiger partial charge in [-0.1, -0.05) is 25.1 Å². The van der Waals surface area contributed by atoms with Crippen molar-refractivity contribution in [1.29, 1.82) is 5.41 Å². The number of ether oxygens (including phenoxy) is 1. The van der Waals surface area contributed by atoms with Crippen molar-refractivity contribution in [2.45, 2.75) is 32.2 Å². The predicted molar refractivity (Wildman–Crippen MR) is 127 cm³/mol. The second-order valence-electron chi connectivity index (χ2n) is 7.83. The van der Waals surface area contributed by atoms with E-state index >= 15 is 0 Å².